The first-order valence-electron chi connectivity index (χ1n) is 7.49. The summed E-state index contributed by atoms with van der Waals surface area (Å²) in [4.78, 5) is 13.1. The van der Waals surface area contributed by atoms with E-state index in [4.69, 9.17) is 0 Å². The summed E-state index contributed by atoms with van der Waals surface area (Å²) < 4.78 is 0. The first-order valence-corrected chi connectivity index (χ1v) is 8.48. The van der Waals surface area contributed by atoms with Gasteiger partial charge in [0.05, 0.1) is 5.75 Å². The molecule has 0 saturated heterocycles. The Balaban J connectivity index is 1.76. The van der Waals surface area contributed by atoms with Crippen LogP contribution >= 0.6 is 11.8 Å². The molecule has 20 heavy (non-hydrogen) atoms. The molecule has 0 bridgehead atoms. The van der Waals surface area contributed by atoms with Crippen LogP contribution in [0.4, 0.5) is 0 Å². The number of amides is 1. The maximum atomic E-state index is 11.9. The van der Waals surface area contributed by atoms with E-state index in [0.29, 0.717) is 11.8 Å². The third kappa shape index (κ3) is 5.17. The van der Waals surface area contributed by atoms with Crippen LogP contribution in [0.25, 0.3) is 0 Å². The average molecular weight is 292 g/mol. The van der Waals surface area contributed by atoms with Gasteiger partial charge in [-0.1, -0.05) is 31.9 Å². The second-order valence-electron chi connectivity index (χ2n) is 5.27. The molecule has 0 aromatic heterocycles. The Morgan fingerprint density at radius 2 is 2.15 bits per heavy atom. The fourth-order valence-corrected chi connectivity index (χ4v) is 3.29. The predicted octanol–water partition coefficient (Wildman–Crippen LogP) is 2.95. The summed E-state index contributed by atoms with van der Waals surface area (Å²) in [5.74, 6) is 0.681. The molecule has 1 aromatic rings. The molecule has 0 spiro atoms. The van der Waals surface area contributed by atoms with Crippen LogP contribution in [-0.4, -0.2) is 24.2 Å². The fourth-order valence-electron chi connectivity index (χ4n) is 2.50. The number of nitrogens with one attached hydrogen (secondary N) is 2. The summed E-state index contributed by atoms with van der Waals surface area (Å²) in [6.45, 7) is 3.96. The molecule has 0 unspecified atom stereocenters. The summed E-state index contributed by atoms with van der Waals surface area (Å²) in [5.41, 5.74) is 1.27. The Morgan fingerprint density at radius 3 is 2.90 bits per heavy atom. The van der Waals surface area contributed by atoms with E-state index in [9.17, 15) is 4.79 Å². The molecular weight excluding hydrogens is 268 g/mol. The standard InChI is InChI=1S/C16H24N2OS/c1-2-17-11-13-6-5-9-15(10-13)20-12-16(19)18-14-7-3-4-8-14/h5-6,9-10,14,17H,2-4,7-8,11-12H2,1H3,(H,18,19). The van der Waals surface area contributed by atoms with Crippen molar-refractivity contribution < 1.29 is 4.79 Å². The van der Waals surface area contributed by atoms with E-state index < -0.39 is 0 Å². The van der Waals surface area contributed by atoms with Crippen LogP contribution in [-0.2, 0) is 11.3 Å². The van der Waals surface area contributed by atoms with Gasteiger partial charge in [0.15, 0.2) is 0 Å². The highest BCUT2D eigenvalue weighted by Crippen LogP contribution is 2.20. The molecule has 0 aliphatic heterocycles. The second-order valence-corrected chi connectivity index (χ2v) is 6.31. The number of benzene rings is 1. The number of thioether (sulfide) groups is 1. The fraction of sp³-hybridized carbons (Fsp3) is 0.562. The largest absolute Gasteiger partial charge is 0.353 e. The van der Waals surface area contributed by atoms with Gasteiger partial charge in [-0.2, -0.15) is 0 Å². The van der Waals surface area contributed by atoms with Crippen LogP contribution in [0.3, 0.4) is 0 Å². The van der Waals surface area contributed by atoms with Crippen LogP contribution in [0.5, 0.6) is 0 Å². The number of rotatable bonds is 7. The Labute approximate surface area is 125 Å². The molecule has 3 nitrogen and oxygen atoms in total. The van der Waals surface area contributed by atoms with Crippen LogP contribution in [0, 0.1) is 0 Å². The second kappa shape index (κ2) is 8.32. The lowest BCUT2D eigenvalue weighted by molar-refractivity contribution is -0.119. The van der Waals surface area contributed by atoms with Crippen LogP contribution < -0.4 is 10.6 Å². The van der Waals surface area contributed by atoms with Crippen molar-refractivity contribution in [1.29, 1.82) is 0 Å². The number of hydrogen-bond acceptors (Lipinski definition) is 3. The topological polar surface area (TPSA) is 41.1 Å². The summed E-state index contributed by atoms with van der Waals surface area (Å²) in [5, 5.41) is 6.44. The van der Waals surface area contributed by atoms with Gasteiger partial charge in [-0.25, -0.2) is 0 Å². The van der Waals surface area contributed by atoms with Crippen molar-refractivity contribution in [1.82, 2.24) is 10.6 Å². The molecular formula is C16H24N2OS. The monoisotopic (exact) mass is 292 g/mol. The average Bonchev–Trinajstić information content (AvgIpc) is 2.96. The zero-order valence-corrected chi connectivity index (χ0v) is 13.0. The third-order valence-corrected chi connectivity index (χ3v) is 4.56. The smallest absolute Gasteiger partial charge is 0.230 e. The summed E-state index contributed by atoms with van der Waals surface area (Å²) in [7, 11) is 0. The van der Waals surface area contributed by atoms with Gasteiger partial charge in [-0.15, -0.1) is 11.8 Å². The normalized spacial score (nSPS) is 15.4. The summed E-state index contributed by atoms with van der Waals surface area (Å²) >= 11 is 1.62. The van der Waals surface area contributed by atoms with Crippen molar-refractivity contribution in [2.24, 2.45) is 0 Å². The van der Waals surface area contributed by atoms with Gasteiger partial charge in [-0.05, 0) is 37.1 Å². The Hall–Kier alpha value is -1.00. The minimum absolute atomic E-state index is 0.166. The van der Waals surface area contributed by atoms with Gasteiger partial charge in [0, 0.05) is 17.5 Å². The zero-order valence-electron chi connectivity index (χ0n) is 12.2. The van der Waals surface area contributed by atoms with E-state index in [1.807, 2.05) is 0 Å². The molecule has 0 atom stereocenters. The van der Waals surface area contributed by atoms with E-state index in [1.165, 1.54) is 23.3 Å². The highest BCUT2D eigenvalue weighted by molar-refractivity contribution is 8.00. The van der Waals surface area contributed by atoms with Crippen molar-refractivity contribution >= 4 is 17.7 Å². The van der Waals surface area contributed by atoms with Crippen molar-refractivity contribution in [2.75, 3.05) is 12.3 Å². The number of hydrogen-bond donors (Lipinski definition) is 2. The first-order chi connectivity index (χ1) is 9.78. The van der Waals surface area contributed by atoms with Crippen LogP contribution in [0.1, 0.15) is 38.2 Å². The number of carbonyl (C=O) groups is 1. The highest BCUT2D eigenvalue weighted by atomic mass is 32.2. The molecule has 0 radical (unpaired) electrons. The molecule has 110 valence electrons. The first kappa shape index (κ1) is 15.4. The molecule has 1 saturated carbocycles. The van der Waals surface area contributed by atoms with Crippen LogP contribution in [0.2, 0.25) is 0 Å². The van der Waals surface area contributed by atoms with E-state index in [1.54, 1.807) is 11.8 Å². The molecule has 2 rings (SSSR count). The molecule has 1 aliphatic rings. The lowest BCUT2D eigenvalue weighted by Gasteiger charge is -2.11. The van der Waals surface area contributed by atoms with Crippen molar-refractivity contribution in [3.05, 3.63) is 29.8 Å². The van der Waals surface area contributed by atoms with Gasteiger partial charge < -0.3 is 10.6 Å². The van der Waals surface area contributed by atoms with Gasteiger partial charge in [0.25, 0.3) is 0 Å². The van der Waals surface area contributed by atoms with E-state index in [0.717, 1.165) is 25.9 Å². The lowest BCUT2D eigenvalue weighted by atomic mass is 10.2. The molecule has 1 aromatic carbocycles. The molecule has 1 fully saturated rings. The maximum absolute atomic E-state index is 11.9. The van der Waals surface area contributed by atoms with Crippen molar-refractivity contribution in [2.45, 2.75) is 50.1 Å². The molecule has 0 heterocycles. The van der Waals surface area contributed by atoms with Crippen molar-refractivity contribution in [3.8, 4) is 0 Å². The summed E-state index contributed by atoms with van der Waals surface area (Å²) in [6, 6.07) is 8.83. The van der Waals surface area contributed by atoms with Gasteiger partial charge in [0.2, 0.25) is 5.91 Å². The minimum atomic E-state index is 0.166. The van der Waals surface area contributed by atoms with E-state index >= 15 is 0 Å². The molecule has 4 heteroatoms. The van der Waals surface area contributed by atoms with E-state index in [2.05, 4.69) is 41.8 Å². The Bertz CT molecular complexity index is 430. The van der Waals surface area contributed by atoms with Crippen LogP contribution in [0.15, 0.2) is 29.2 Å². The van der Waals surface area contributed by atoms with Gasteiger partial charge >= 0.3 is 0 Å². The van der Waals surface area contributed by atoms with Crippen molar-refractivity contribution in [3.63, 3.8) is 0 Å². The molecule has 2 N–H and O–H groups in total. The van der Waals surface area contributed by atoms with E-state index in [-0.39, 0.29) is 5.91 Å². The molecule has 1 aliphatic carbocycles. The quantitative estimate of drug-likeness (QED) is 0.759. The summed E-state index contributed by atoms with van der Waals surface area (Å²) in [6.07, 6.45) is 4.80. The Kier molecular flexibility index (Phi) is 6.40. The Morgan fingerprint density at radius 1 is 1.35 bits per heavy atom. The third-order valence-electron chi connectivity index (χ3n) is 3.57. The predicted molar refractivity (Wildman–Crippen MR) is 84.9 cm³/mol. The zero-order chi connectivity index (χ0) is 14.2. The minimum Gasteiger partial charge on any atom is -0.353 e. The number of carbonyl (C=O) groups excluding carboxylic acids is 1. The maximum Gasteiger partial charge on any atom is 0.230 e. The van der Waals surface area contributed by atoms with Gasteiger partial charge in [0.1, 0.15) is 0 Å². The lowest BCUT2D eigenvalue weighted by Crippen LogP contribution is -2.33. The SMILES string of the molecule is CCNCc1cccc(SCC(=O)NC2CCCC2)c1. The van der Waals surface area contributed by atoms with Gasteiger partial charge in [-0.3, -0.25) is 4.79 Å². The molecule has 1 amide bonds. The highest BCUT2D eigenvalue weighted by Gasteiger charge is 2.16.